The summed E-state index contributed by atoms with van der Waals surface area (Å²) >= 11 is 5.97. The minimum atomic E-state index is 0.0945. The van der Waals surface area contributed by atoms with Gasteiger partial charge in [-0.1, -0.05) is 41.9 Å². The van der Waals surface area contributed by atoms with Gasteiger partial charge in [0.1, 0.15) is 0 Å². The second kappa shape index (κ2) is 10.8. The van der Waals surface area contributed by atoms with Gasteiger partial charge in [-0.05, 0) is 73.2 Å². The molecular weight excluding hydrogens is 420 g/mol. The molecule has 2 aromatic carbocycles. The van der Waals surface area contributed by atoms with E-state index in [9.17, 15) is 4.79 Å². The summed E-state index contributed by atoms with van der Waals surface area (Å²) in [6.07, 6.45) is 4.84. The smallest absolute Gasteiger partial charge is 0.253 e. The van der Waals surface area contributed by atoms with E-state index in [4.69, 9.17) is 21.3 Å². The Morgan fingerprint density at radius 1 is 1.03 bits per heavy atom. The van der Waals surface area contributed by atoms with Crippen molar-refractivity contribution in [2.45, 2.75) is 38.7 Å². The first-order valence-electron chi connectivity index (χ1n) is 11.3. The molecule has 2 heterocycles. The lowest BCUT2D eigenvalue weighted by Crippen LogP contribution is -2.39. The summed E-state index contributed by atoms with van der Waals surface area (Å²) in [5, 5.41) is 0.750. The van der Waals surface area contributed by atoms with Crippen LogP contribution >= 0.6 is 11.6 Å². The van der Waals surface area contributed by atoms with Gasteiger partial charge in [0.15, 0.2) is 0 Å². The fraction of sp³-hybridized carbons (Fsp3) is 0.333. The largest absolute Gasteiger partial charge is 0.377 e. The molecule has 0 unspecified atom stereocenters. The minimum Gasteiger partial charge on any atom is -0.377 e. The third-order valence-electron chi connectivity index (χ3n) is 5.97. The summed E-state index contributed by atoms with van der Waals surface area (Å²) in [4.78, 5) is 19.8. The molecule has 0 radical (unpaired) electrons. The van der Waals surface area contributed by atoms with E-state index in [0.29, 0.717) is 19.8 Å². The lowest BCUT2D eigenvalue weighted by Gasteiger charge is -2.32. The molecule has 1 aliphatic rings. The number of rotatable bonds is 7. The second-order valence-electron chi connectivity index (χ2n) is 8.32. The van der Waals surface area contributed by atoms with E-state index in [1.165, 1.54) is 11.1 Å². The van der Waals surface area contributed by atoms with Gasteiger partial charge in [-0.2, -0.15) is 0 Å². The Bertz CT molecular complexity index is 1020. The van der Waals surface area contributed by atoms with Gasteiger partial charge >= 0.3 is 0 Å². The number of hydrogen-bond acceptors (Lipinski definition) is 3. The molecule has 0 bridgehead atoms. The molecule has 5 heteroatoms. The van der Waals surface area contributed by atoms with E-state index < -0.39 is 0 Å². The van der Waals surface area contributed by atoms with Crippen LogP contribution in [0.3, 0.4) is 0 Å². The Balaban J connectivity index is 1.37. The first-order chi connectivity index (χ1) is 15.6. The van der Waals surface area contributed by atoms with Crippen molar-refractivity contribution in [2.75, 3.05) is 19.7 Å². The molecular formula is C27H29ClN2O2. The van der Waals surface area contributed by atoms with Crippen LogP contribution in [0.4, 0.5) is 0 Å². The van der Waals surface area contributed by atoms with Crippen molar-refractivity contribution >= 4 is 17.5 Å². The van der Waals surface area contributed by atoms with Crippen LogP contribution in [-0.4, -0.2) is 35.5 Å². The molecule has 1 saturated heterocycles. The molecule has 1 atom stereocenters. The Labute approximate surface area is 195 Å². The summed E-state index contributed by atoms with van der Waals surface area (Å²) in [5.74, 6) is 0.367. The Kier molecular flexibility index (Phi) is 7.56. The van der Waals surface area contributed by atoms with Gasteiger partial charge in [0, 0.05) is 48.1 Å². The van der Waals surface area contributed by atoms with Crippen molar-refractivity contribution in [3.63, 3.8) is 0 Å². The van der Waals surface area contributed by atoms with Crippen LogP contribution in [0, 0.1) is 0 Å². The van der Waals surface area contributed by atoms with Crippen molar-refractivity contribution in [1.29, 1.82) is 0 Å². The van der Waals surface area contributed by atoms with Crippen molar-refractivity contribution in [1.82, 2.24) is 9.88 Å². The number of halogens is 1. The van der Waals surface area contributed by atoms with Gasteiger partial charge in [-0.15, -0.1) is 0 Å². The maximum atomic E-state index is 13.0. The fourth-order valence-electron chi connectivity index (χ4n) is 4.17. The number of aromatic nitrogens is 1. The Morgan fingerprint density at radius 3 is 2.44 bits per heavy atom. The summed E-state index contributed by atoms with van der Waals surface area (Å²) in [6.45, 7) is 4.75. The van der Waals surface area contributed by atoms with Crippen molar-refractivity contribution in [3.05, 3.63) is 99.8 Å². The summed E-state index contributed by atoms with van der Waals surface area (Å²) < 4.78 is 5.44. The van der Waals surface area contributed by atoms with Crippen LogP contribution in [0.1, 0.15) is 58.4 Å². The molecule has 0 spiro atoms. The topological polar surface area (TPSA) is 42.4 Å². The fourth-order valence-corrected chi connectivity index (χ4v) is 4.29. The van der Waals surface area contributed by atoms with E-state index in [2.05, 4.69) is 12.1 Å². The molecule has 32 heavy (non-hydrogen) atoms. The van der Waals surface area contributed by atoms with E-state index in [1.807, 2.05) is 66.6 Å². The summed E-state index contributed by atoms with van der Waals surface area (Å²) in [7, 11) is 0. The number of piperidine rings is 1. The molecule has 3 aromatic rings. The van der Waals surface area contributed by atoms with E-state index in [-0.39, 0.29) is 11.8 Å². The first-order valence-corrected chi connectivity index (χ1v) is 11.7. The van der Waals surface area contributed by atoms with Crippen molar-refractivity contribution < 1.29 is 9.53 Å². The molecule has 1 amide bonds. The second-order valence-corrected chi connectivity index (χ2v) is 8.76. The number of carbonyl (C=O) groups is 1. The third kappa shape index (κ3) is 5.76. The van der Waals surface area contributed by atoms with E-state index in [0.717, 1.165) is 47.7 Å². The standard InChI is InChI=1S/C27H29ClN2O2/c1-2-32-19-21-5-10-23(11-6-21)27(31)30-15-3-4-24(18-30)26-14-9-22(17-29-26)16-20-7-12-25(28)13-8-20/h5-14,17,24H,2-4,15-16,18-19H2,1H3/t24-/m0/s1. The number of ether oxygens (including phenoxy) is 1. The number of benzene rings is 2. The zero-order chi connectivity index (χ0) is 22.3. The average Bonchev–Trinajstić information content (AvgIpc) is 2.84. The van der Waals surface area contributed by atoms with Crippen LogP contribution in [-0.2, 0) is 17.8 Å². The first kappa shape index (κ1) is 22.5. The molecule has 0 saturated carbocycles. The van der Waals surface area contributed by atoms with Crippen LogP contribution in [0.2, 0.25) is 5.02 Å². The lowest BCUT2D eigenvalue weighted by atomic mass is 9.93. The van der Waals surface area contributed by atoms with Gasteiger partial charge in [-0.25, -0.2) is 0 Å². The monoisotopic (exact) mass is 448 g/mol. The molecule has 4 rings (SSSR count). The Hall–Kier alpha value is -2.69. The predicted molar refractivity (Wildman–Crippen MR) is 128 cm³/mol. The maximum absolute atomic E-state index is 13.0. The SMILES string of the molecule is CCOCc1ccc(C(=O)N2CCC[C@H](c3ccc(Cc4ccc(Cl)cc4)cn3)C2)cc1. The van der Waals surface area contributed by atoms with Gasteiger partial charge in [0.05, 0.1) is 6.61 Å². The van der Waals surface area contributed by atoms with Gasteiger partial charge in [-0.3, -0.25) is 9.78 Å². The van der Waals surface area contributed by atoms with Crippen molar-refractivity contribution in [2.24, 2.45) is 0 Å². The van der Waals surface area contributed by atoms with E-state index >= 15 is 0 Å². The summed E-state index contributed by atoms with van der Waals surface area (Å²) in [6, 6.07) is 20.0. The van der Waals surface area contributed by atoms with E-state index in [1.54, 1.807) is 0 Å². The van der Waals surface area contributed by atoms with Crippen molar-refractivity contribution in [3.8, 4) is 0 Å². The number of amides is 1. The zero-order valence-corrected chi connectivity index (χ0v) is 19.2. The molecule has 4 nitrogen and oxygen atoms in total. The number of likely N-dealkylation sites (tertiary alicyclic amines) is 1. The highest BCUT2D eigenvalue weighted by Crippen LogP contribution is 2.27. The minimum absolute atomic E-state index is 0.0945. The van der Waals surface area contributed by atoms with Crippen LogP contribution < -0.4 is 0 Å². The van der Waals surface area contributed by atoms with Crippen LogP contribution in [0.5, 0.6) is 0 Å². The number of hydrogen-bond donors (Lipinski definition) is 0. The van der Waals surface area contributed by atoms with Crippen LogP contribution in [0.25, 0.3) is 0 Å². The quantitative estimate of drug-likeness (QED) is 0.453. The van der Waals surface area contributed by atoms with Gasteiger partial charge in [0.2, 0.25) is 0 Å². The normalized spacial score (nSPS) is 16.2. The third-order valence-corrected chi connectivity index (χ3v) is 6.22. The highest BCUT2D eigenvalue weighted by atomic mass is 35.5. The lowest BCUT2D eigenvalue weighted by molar-refractivity contribution is 0.0705. The van der Waals surface area contributed by atoms with Gasteiger partial charge < -0.3 is 9.64 Å². The summed E-state index contributed by atoms with van der Waals surface area (Å²) in [5.41, 5.74) is 5.27. The molecule has 0 N–H and O–H groups in total. The highest BCUT2D eigenvalue weighted by Gasteiger charge is 2.26. The molecule has 1 aliphatic heterocycles. The average molecular weight is 449 g/mol. The molecule has 1 aromatic heterocycles. The molecule has 1 fully saturated rings. The van der Waals surface area contributed by atoms with Gasteiger partial charge in [0.25, 0.3) is 5.91 Å². The Morgan fingerprint density at radius 2 is 1.75 bits per heavy atom. The number of pyridine rings is 1. The van der Waals surface area contributed by atoms with Crippen LogP contribution in [0.15, 0.2) is 66.9 Å². The zero-order valence-electron chi connectivity index (χ0n) is 18.5. The highest BCUT2D eigenvalue weighted by molar-refractivity contribution is 6.30. The number of nitrogens with zero attached hydrogens (tertiary/aromatic N) is 2. The number of carbonyl (C=O) groups excluding carboxylic acids is 1. The predicted octanol–water partition coefficient (Wildman–Crippen LogP) is 5.88. The molecule has 0 aliphatic carbocycles. The maximum Gasteiger partial charge on any atom is 0.253 e. The molecule has 166 valence electrons.